The molecule has 16 heavy (non-hydrogen) atoms. The first-order valence-corrected chi connectivity index (χ1v) is 5.91. The van der Waals surface area contributed by atoms with E-state index in [1.807, 2.05) is 6.07 Å². The maximum atomic E-state index is 10.8. The molecule has 0 amide bonds. The minimum atomic E-state index is -0.846. The van der Waals surface area contributed by atoms with Gasteiger partial charge in [-0.05, 0) is 31.7 Å². The largest absolute Gasteiger partial charge is 0.501 e. The van der Waals surface area contributed by atoms with Crippen molar-refractivity contribution in [1.29, 1.82) is 0 Å². The second kappa shape index (κ2) is 3.67. The molecule has 1 aromatic heterocycles. The minimum Gasteiger partial charge on any atom is -0.501 e. The molecule has 1 atom stereocenters. The minimum absolute atomic E-state index is 0.762. The lowest BCUT2D eigenvalue weighted by Crippen LogP contribution is -2.33. The van der Waals surface area contributed by atoms with Crippen LogP contribution < -0.4 is 0 Å². The Morgan fingerprint density at radius 3 is 3.00 bits per heavy atom. The fraction of sp³-hybridized carbons (Fsp3) is 0.538. The van der Waals surface area contributed by atoms with Crippen LogP contribution in [0.3, 0.4) is 0 Å². The van der Waals surface area contributed by atoms with Crippen LogP contribution in [0, 0.1) is 0 Å². The summed E-state index contributed by atoms with van der Waals surface area (Å²) in [6, 6.07) is 1.89. The summed E-state index contributed by atoms with van der Waals surface area (Å²) in [5, 5.41) is 10.8. The van der Waals surface area contributed by atoms with Crippen molar-refractivity contribution >= 4 is 0 Å². The molecule has 0 saturated heterocycles. The van der Waals surface area contributed by atoms with E-state index in [0.717, 1.165) is 55.6 Å². The molecule has 0 saturated carbocycles. The molecule has 1 aromatic rings. The second-order valence-electron chi connectivity index (χ2n) is 4.59. The molecule has 3 heteroatoms. The highest BCUT2D eigenvalue weighted by Gasteiger charge is 2.40. The molecule has 1 N–H and O–H groups in total. The number of hydrogen-bond donors (Lipinski definition) is 1. The van der Waals surface area contributed by atoms with Gasteiger partial charge in [0.2, 0.25) is 0 Å². The topological polar surface area (TPSA) is 42.6 Å². The summed E-state index contributed by atoms with van der Waals surface area (Å²) in [7, 11) is 0. The first kappa shape index (κ1) is 9.97. The van der Waals surface area contributed by atoms with Crippen LogP contribution in [0.25, 0.3) is 0 Å². The van der Waals surface area contributed by atoms with Crippen LogP contribution >= 0.6 is 0 Å². The van der Waals surface area contributed by atoms with E-state index in [9.17, 15) is 5.11 Å². The number of aryl methyl sites for hydroxylation is 1. The van der Waals surface area contributed by atoms with E-state index in [1.165, 1.54) is 0 Å². The Labute approximate surface area is 94.7 Å². The molecule has 2 aliphatic rings. The van der Waals surface area contributed by atoms with E-state index < -0.39 is 5.60 Å². The van der Waals surface area contributed by atoms with Crippen LogP contribution in [0.5, 0.6) is 0 Å². The third-order valence-electron chi connectivity index (χ3n) is 3.60. The predicted molar refractivity (Wildman–Crippen MR) is 58.8 cm³/mol. The fourth-order valence-electron chi connectivity index (χ4n) is 2.74. The number of fused-ring (bicyclic) bond motifs is 1. The molecule has 3 rings (SSSR count). The molecule has 2 heterocycles. The zero-order chi connectivity index (χ0) is 11.0. The Morgan fingerprint density at radius 2 is 2.19 bits per heavy atom. The van der Waals surface area contributed by atoms with Crippen LogP contribution in [-0.4, -0.2) is 11.7 Å². The molecular formula is C13H16O3. The lowest BCUT2D eigenvalue weighted by molar-refractivity contribution is 0.0404. The summed E-state index contributed by atoms with van der Waals surface area (Å²) in [5.41, 5.74) is 1.10. The van der Waals surface area contributed by atoms with Gasteiger partial charge in [-0.2, -0.15) is 0 Å². The van der Waals surface area contributed by atoms with E-state index >= 15 is 0 Å². The highest BCUT2D eigenvalue weighted by atomic mass is 16.5. The van der Waals surface area contributed by atoms with Gasteiger partial charge in [0.15, 0.2) is 0 Å². The number of aliphatic hydroxyl groups is 1. The number of ether oxygens (including phenoxy) is 1. The standard InChI is InChI=1S/C13H16O3/c14-13(10-3-2-7-15-9-10)6-1-4-12-11(13)5-8-16-12/h5,8-9,14H,1-4,6-7H2. The van der Waals surface area contributed by atoms with E-state index in [4.69, 9.17) is 9.15 Å². The average molecular weight is 220 g/mol. The number of rotatable bonds is 1. The van der Waals surface area contributed by atoms with Gasteiger partial charge in [0.25, 0.3) is 0 Å². The van der Waals surface area contributed by atoms with Gasteiger partial charge < -0.3 is 14.3 Å². The average Bonchev–Trinajstić information content (AvgIpc) is 2.80. The molecular weight excluding hydrogens is 204 g/mol. The van der Waals surface area contributed by atoms with Crippen molar-refractivity contribution in [2.45, 2.75) is 37.7 Å². The summed E-state index contributed by atoms with van der Waals surface area (Å²) in [6.45, 7) is 0.762. The van der Waals surface area contributed by atoms with Gasteiger partial charge in [0.1, 0.15) is 11.4 Å². The molecule has 0 fully saturated rings. The number of hydrogen-bond acceptors (Lipinski definition) is 3. The molecule has 0 aromatic carbocycles. The van der Waals surface area contributed by atoms with Crippen molar-refractivity contribution in [3.8, 4) is 0 Å². The van der Waals surface area contributed by atoms with Crippen molar-refractivity contribution < 1.29 is 14.3 Å². The van der Waals surface area contributed by atoms with Gasteiger partial charge in [-0.15, -0.1) is 0 Å². The smallest absolute Gasteiger partial charge is 0.117 e. The monoisotopic (exact) mass is 220 g/mol. The molecule has 0 radical (unpaired) electrons. The lowest BCUT2D eigenvalue weighted by atomic mass is 9.76. The lowest BCUT2D eigenvalue weighted by Gasteiger charge is -2.35. The molecule has 1 aliphatic heterocycles. The van der Waals surface area contributed by atoms with Crippen molar-refractivity contribution in [2.24, 2.45) is 0 Å². The molecule has 1 unspecified atom stereocenters. The van der Waals surface area contributed by atoms with Gasteiger partial charge >= 0.3 is 0 Å². The van der Waals surface area contributed by atoms with Crippen LogP contribution in [0.1, 0.15) is 37.0 Å². The SMILES string of the molecule is OC1(C2=COCCC2)CCCc2occc21. The highest BCUT2D eigenvalue weighted by Crippen LogP contribution is 2.43. The second-order valence-corrected chi connectivity index (χ2v) is 4.59. The summed E-state index contributed by atoms with van der Waals surface area (Å²) < 4.78 is 10.8. The molecule has 86 valence electrons. The van der Waals surface area contributed by atoms with E-state index in [-0.39, 0.29) is 0 Å². The van der Waals surface area contributed by atoms with Gasteiger partial charge in [-0.1, -0.05) is 0 Å². The molecule has 3 nitrogen and oxygen atoms in total. The zero-order valence-electron chi connectivity index (χ0n) is 9.24. The van der Waals surface area contributed by atoms with Crippen LogP contribution in [0.2, 0.25) is 0 Å². The first-order chi connectivity index (χ1) is 7.81. The summed E-state index contributed by atoms with van der Waals surface area (Å²) >= 11 is 0. The summed E-state index contributed by atoms with van der Waals surface area (Å²) in [5.74, 6) is 0.931. The van der Waals surface area contributed by atoms with E-state index in [1.54, 1.807) is 12.5 Å². The van der Waals surface area contributed by atoms with Crippen molar-refractivity contribution in [1.82, 2.24) is 0 Å². The molecule has 1 aliphatic carbocycles. The summed E-state index contributed by atoms with van der Waals surface area (Å²) in [4.78, 5) is 0. The molecule has 0 spiro atoms. The van der Waals surface area contributed by atoms with Gasteiger partial charge in [-0.3, -0.25) is 0 Å². The number of furan rings is 1. The Hall–Kier alpha value is -1.22. The highest BCUT2D eigenvalue weighted by molar-refractivity contribution is 5.36. The fourth-order valence-corrected chi connectivity index (χ4v) is 2.74. The van der Waals surface area contributed by atoms with Gasteiger partial charge in [0, 0.05) is 17.6 Å². The van der Waals surface area contributed by atoms with Crippen molar-refractivity contribution in [3.63, 3.8) is 0 Å². The van der Waals surface area contributed by atoms with E-state index in [2.05, 4.69) is 0 Å². The van der Waals surface area contributed by atoms with Crippen LogP contribution in [-0.2, 0) is 16.8 Å². The van der Waals surface area contributed by atoms with Crippen molar-refractivity contribution in [2.75, 3.05) is 6.61 Å². The Balaban J connectivity index is 2.03. The van der Waals surface area contributed by atoms with Crippen molar-refractivity contribution in [3.05, 3.63) is 35.5 Å². The normalized spacial score (nSPS) is 29.2. The quantitative estimate of drug-likeness (QED) is 0.790. The molecule has 0 bridgehead atoms. The third kappa shape index (κ3) is 1.39. The summed E-state index contributed by atoms with van der Waals surface area (Å²) in [6.07, 6.45) is 7.99. The Bertz CT molecular complexity index is 419. The Morgan fingerprint density at radius 1 is 1.25 bits per heavy atom. The Kier molecular flexibility index (Phi) is 2.28. The maximum absolute atomic E-state index is 10.8. The third-order valence-corrected chi connectivity index (χ3v) is 3.60. The van der Waals surface area contributed by atoms with E-state index in [0.29, 0.717) is 0 Å². The first-order valence-electron chi connectivity index (χ1n) is 5.91. The van der Waals surface area contributed by atoms with Crippen LogP contribution in [0.4, 0.5) is 0 Å². The van der Waals surface area contributed by atoms with Gasteiger partial charge in [0.05, 0.1) is 19.1 Å². The van der Waals surface area contributed by atoms with Crippen LogP contribution in [0.15, 0.2) is 28.6 Å². The van der Waals surface area contributed by atoms with Gasteiger partial charge in [-0.25, -0.2) is 0 Å². The zero-order valence-corrected chi connectivity index (χ0v) is 9.24. The maximum Gasteiger partial charge on any atom is 0.117 e. The predicted octanol–water partition coefficient (Wildman–Crippen LogP) is 2.50.